The minimum absolute atomic E-state index is 0.00442. The van der Waals surface area contributed by atoms with E-state index >= 15 is 0 Å². The molecule has 2 nitrogen and oxygen atoms in total. The largest absolute Gasteiger partial charge is 0.496 e. The fourth-order valence-electron chi connectivity index (χ4n) is 2.17. The van der Waals surface area contributed by atoms with Gasteiger partial charge in [0.25, 0.3) is 0 Å². The number of hydrogen-bond acceptors (Lipinski definition) is 2. The standard InChI is InChI=1S/C15H19BrFNO/c1-2-8-18-15(14-5-3-4-9-19-14)12-7-6-11(17)10-13(12)16/h5-7,10,15,18H,2-4,8-9H2,1H3. The second kappa shape index (κ2) is 7.06. The lowest BCUT2D eigenvalue weighted by molar-refractivity contribution is 0.167. The quantitative estimate of drug-likeness (QED) is 0.869. The highest BCUT2D eigenvalue weighted by molar-refractivity contribution is 9.10. The molecule has 1 heterocycles. The predicted octanol–water partition coefficient (Wildman–Crippen LogP) is 4.32. The fraction of sp³-hybridized carbons (Fsp3) is 0.467. The Bertz CT molecular complexity index is 461. The molecule has 1 aliphatic rings. The first-order valence-corrected chi connectivity index (χ1v) is 7.53. The molecule has 2 rings (SSSR count). The number of allylic oxidation sites excluding steroid dienone is 1. The molecule has 0 aromatic heterocycles. The molecule has 1 aromatic carbocycles. The SMILES string of the molecule is CCCNC(C1=CCCCO1)c1ccc(F)cc1Br. The van der Waals surface area contributed by atoms with Gasteiger partial charge in [0.15, 0.2) is 0 Å². The fourth-order valence-corrected chi connectivity index (χ4v) is 2.75. The molecule has 1 N–H and O–H groups in total. The molecule has 0 bridgehead atoms. The predicted molar refractivity (Wildman–Crippen MR) is 78.4 cm³/mol. The lowest BCUT2D eigenvalue weighted by Gasteiger charge is -2.26. The van der Waals surface area contributed by atoms with E-state index in [4.69, 9.17) is 4.74 Å². The maximum Gasteiger partial charge on any atom is 0.124 e. The van der Waals surface area contributed by atoms with Crippen molar-refractivity contribution in [2.75, 3.05) is 13.2 Å². The molecular weight excluding hydrogens is 309 g/mol. The van der Waals surface area contributed by atoms with Crippen molar-refractivity contribution in [2.45, 2.75) is 32.2 Å². The van der Waals surface area contributed by atoms with Gasteiger partial charge in [0, 0.05) is 4.47 Å². The molecular formula is C15H19BrFNO. The van der Waals surface area contributed by atoms with E-state index < -0.39 is 0 Å². The van der Waals surface area contributed by atoms with Gasteiger partial charge in [-0.1, -0.05) is 28.9 Å². The highest BCUT2D eigenvalue weighted by atomic mass is 79.9. The first kappa shape index (κ1) is 14.5. The Morgan fingerprint density at radius 1 is 1.47 bits per heavy atom. The average molecular weight is 328 g/mol. The highest BCUT2D eigenvalue weighted by Crippen LogP contribution is 2.31. The number of hydrogen-bond donors (Lipinski definition) is 1. The van der Waals surface area contributed by atoms with Crippen LogP contribution in [0, 0.1) is 5.82 Å². The maximum absolute atomic E-state index is 13.2. The van der Waals surface area contributed by atoms with Crippen molar-refractivity contribution in [2.24, 2.45) is 0 Å². The zero-order valence-electron chi connectivity index (χ0n) is 11.1. The first-order chi connectivity index (χ1) is 9.22. The maximum atomic E-state index is 13.2. The Morgan fingerprint density at radius 3 is 2.95 bits per heavy atom. The lowest BCUT2D eigenvalue weighted by Crippen LogP contribution is -2.26. The zero-order chi connectivity index (χ0) is 13.7. The van der Waals surface area contributed by atoms with Crippen molar-refractivity contribution in [3.63, 3.8) is 0 Å². The van der Waals surface area contributed by atoms with E-state index in [1.165, 1.54) is 12.1 Å². The number of nitrogens with one attached hydrogen (secondary N) is 1. The monoisotopic (exact) mass is 327 g/mol. The molecule has 4 heteroatoms. The molecule has 104 valence electrons. The van der Waals surface area contributed by atoms with Crippen LogP contribution in [0.2, 0.25) is 0 Å². The van der Waals surface area contributed by atoms with Crippen LogP contribution >= 0.6 is 15.9 Å². The summed E-state index contributed by atoms with van der Waals surface area (Å²) in [5.41, 5.74) is 1.02. The van der Waals surface area contributed by atoms with Crippen LogP contribution in [0.1, 0.15) is 37.8 Å². The van der Waals surface area contributed by atoms with Gasteiger partial charge in [-0.3, -0.25) is 0 Å². The third-order valence-corrected chi connectivity index (χ3v) is 3.81. The Hall–Kier alpha value is -0.870. The van der Waals surface area contributed by atoms with Gasteiger partial charge >= 0.3 is 0 Å². The van der Waals surface area contributed by atoms with Crippen LogP contribution in [-0.2, 0) is 4.74 Å². The third kappa shape index (κ3) is 3.80. The number of benzene rings is 1. The lowest BCUT2D eigenvalue weighted by atomic mass is 10.0. The van der Waals surface area contributed by atoms with E-state index in [9.17, 15) is 4.39 Å². The van der Waals surface area contributed by atoms with E-state index in [0.29, 0.717) is 0 Å². The molecule has 1 unspecified atom stereocenters. The highest BCUT2D eigenvalue weighted by Gasteiger charge is 2.21. The van der Waals surface area contributed by atoms with Crippen molar-refractivity contribution in [1.29, 1.82) is 0 Å². The summed E-state index contributed by atoms with van der Waals surface area (Å²) in [6.45, 7) is 3.78. The van der Waals surface area contributed by atoms with Gasteiger partial charge in [0.05, 0.1) is 12.6 Å². The molecule has 0 radical (unpaired) electrons. The van der Waals surface area contributed by atoms with Crippen molar-refractivity contribution < 1.29 is 9.13 Å². The molecule has 0 fully saturated rings. The smallest absolute Gasteiger partial charge is 0.124 e. The van der Waals surface area contributed by atoms with Gasteiger partial charge in [-0.05, 0) is 49.6 Å². The summed E-state index contributed by atoms with van der Waals surface area (Å²) in [7, 11) is 0. The van der Waals surface area contributed by atoms with Gasteiger partial charge in [-0.15, -0.1) is 0 Å². The minimum Gasteiger partial charge on any atom is -0.496 e. The summed E-state index contributed by atoms with van der Waals surface area (Å²) in [6, 6.07) is 4.80. The summed E-state index contributed by atoms with van der Waals surface area (Å²) < 4.78 is 19.7. The molecule has 1 aliphatic heterocycles. The second-order valence-electron chi connectivity index (χ2n) is 4.65. The molecule has 1 aromatic rings. The Kier molecular flexibility index (Phi) is 5.40. The van der Waals surface area contributed by atoms with E-state index in [1.54, 1.807) is 0 Å². The van der Waals surface area contributed by atoms with E-state index in [1.807, 2.05) is 6.07 Å². The van der Waals surface area contributed by atoms with Crippen LogP contribution in [0.25, 0.3) is 0 Å². The first-order valence-electron chi connectivity index (χ1n) is 6.73. The molecule has 0 saturated heterocycles. The summed E-state index contributed by atoms with van der Waals surface area (Å²) in [5, 5.41) is 3.47. The van der Waals surface area contributed by atoms with Crippen LogP contribution in [0.15, 0.2) is 34.5 Å². The summed E-state index contributed by atoms with van der Waals surface area (Å²) in [4.78, 5) is 0. The van der Waals surface area contributed by atoms with Gasteiger partial charge in [-0.2, -0.15) is 0 Å². The van der Waals surface area contributed by atoms with Crippen molar-refractivity contribution in [3.8, 4) is 0 Å². The topological polar surface area (TPSA) is 21.3 Å². The number of rotatable bonds is 5. The molecule has 0 spiro atoms. The van der Waals surface area contributed by atoms with Gasteiger partial charge in [0.1, 0.15) is 11.6 Å². The Morgan fingerprint density at radius 2 is 2.32 bits per heavy atom. The van der Waals surface area contributed by atoms with Gasteiger partial charge < -0.3 is 10.1 Å². The van der Waals surface area contributed by atoms with Crippen LogP contribution in [0.5, 0.6) is 0 Å². The number of ether oxygens (including phenoxy) is 1. The van der Waals surface area contributed by atoms with Crippen molar-refractivity contribution in [3.05, 3.63) is 45.9 Å². The second-order valence-corrected chi connectivity index (χ2v) is 5.50. The zero-order valence-corrected chi connectivity index (χ0v) is 12.7. The van der Waals surface area contributed by atoms with E-state index in [-0.39, 0.29) is 11.9 Å². The summed E-state index contributed by atoms with van der Waals surface area (Å²) >= 11 is 3.44. The molecule has 19 heavy (non-hydrogen) atoms. The van der Waals surface area contributed by atoms with Crippen LogP contribution in [0.3, 0.4) is 0 Å². The minimum atomic E-state index is -0.233. The summed E-state index contributed by atoms with van der Waals surface area (Å²) in [5.74, 6) is 0.718. The van der Waals surface area contributed by atoms with E-state index in [2.05, 4.69) is 34.2 Å². The summed E-state index contributed by atoms with van der Waals surface area (Å²) in [6.07, 6.45) is 5.28. The van der Waals surface area contributed by atoms with Crippen molar-refractivity contribution in [1.82, 2.24) is 5.32 Å². The molecule has 0 saturated carbocycles. The Labute approximate surface area is 122 Å². The molecule has 0 amide bonds. The average Bonchev–Trinajstić information content (AvgIpc) is 2.42. The Balaban J connectivity index is 2.27. The van der Waals surface area contributed by atoms with Crippen molar-refractivity contribution >= 4 is 15.9 Å². The van der Waals surface area contributed by atoms with Crippen LogP contribution < -0.4 is 5.32 Å². The molecule has 1 atom stereocenters. The van der Waals surface area contributed by atoms with Gasteiger partial charge in [-0.25, -0.2) is 4.39 Å². The third-order valence-electron chi connectivity index (χ3n) is 3.12. The van der Waals surface area contributed by atoms with Gasteiger partial charge in [0.2, 0.25) is 0 Å². The molecule has 0 aliphatic carbocycles. The van der Waals surface area contributed by atoms with E-state index in [0.717, 1.165) is 48.2 Å². The van der Waals surface area contributed by atoms with Crippen LogP contribution in [-0.4, -0.2) is 13.2 Å². The normalized spacial score (nSPS) is 16.7. The number of halogens is 2. The van der Waals surface area contributed by atoms with Crippen LogP contribution in [0.4, 0.5) is 4.39 Å².